The van der Waals surface area contributed by atoms with Gasteiger partial charge in [-0.1, -0.05) is 24.3 Å². The summed E-state index contributed by atoms with van der Waals surface area (Å²) in [6.07, 6.45) is -2.85. The summed E-state index contributed by atoms with van der Waals surface area (Å²) in [4.78, 5) is 13.9. The number of halogens is 3. The van der Waals surface area contributed by atoms with Crippen molar-refractivity contribution in [3.63, 3.8) is 0 Å². The summed E-state index contributed by atoms with van der Waals surface area (Å²) < 4.78 is 37.9. The monoisotopic (exact) mass is 303 g/mol. The number of rotatable bonds is 2. The Morgan fingerprint density at radius 1 is 1.05 bits per heavy atom. The molecule has 22 heavy (non-hydrogen) atoms. The smallest absolute Gasteiger partial charge is 0.280 e. The molecular formula is C17H12F3NO. The Labute approximate surface area is 125 Å². The molecule has 0 bridgehead atoms. The van der Waals surface area contributed by atoms with Gasteiger partial charge in [-0.15, -0.1) is 6.58 Å². The van der Waals surface area contributed by atoms with Crippen LogP contribution in [-0.4, -0.2) is 5.91 Å². The quantitative estimate of drug-likeness (QED) is 0.739. The lowest BCUT2D eigenvalue weighted by Crippen LogP contribution is -2.23. The molecule has 0 aromatic heterocycles. The Balaban J connectivity index is 2.05. The van der Waals surface area contributed by atoms with Gasteiger partial charge in [0.2, 0.25) is 5.91 Å². The number of amides is 1. The summed E-state index contributed by atoms with van der Waals surface area (Å²) in [6.45, 7) is 3.67. The van der Waals surface area contributed by atoms with Crippen molar-refractivity contribution in [1.29, 1.82) is 0 Å². The fraction of sp³-hybridized carbons (Fsp3) is 0.118. The van der Waals surface area contributed by atoms with Crippen molar-refractivity contribution in [3.8, 4) is 0 Å². The van der Waals surface area contributed by atoms with Crippen molar-refractivity contribution in [3.05, 3.63) is 72.3 Å². The molecule has 0 saturated heterocycles. The first kappa shape index (κ1) is 14.4. The molecule has 5 heteroatoms. The van der Waals surface area contributed by atoms with Gasteiger partial charge < -0.3 is 0 Å². The maximum Gasteiger partial charge on any atom is 0.416 e. The summed E-state index contributed by atoms with van der Waals surface area (Å²) in [5.74, 6) is -0.686. The molecule has 0 saturated carbocycles. The van der Waals surface area contributed by atoms with E-state index in [0.29, 0.717) is 11.4 Å². The minimum Gasteiger partial charge on any atom is -0.280 e. The molecule has 112 valence electrons. The number of carbonyl (C=O) groups is 1. The zero-order valence-corrected chi connectivity index (χ0v) is 11.5. The van der Waals surface area contributed by atoms with Crippen LogP contribution in [0.25, 0.3) is 0 Å². The number of benzene rings is 2. The second-order valence-corrected chi connectivity index (χ2v) is 4.99. The van der Waals surface area contributed by atoms with Crippen molar-refractivity contribution in [1.82, 2.24) is 0 Å². The van der Waals surface area contributed by atoms with Crippen molar-refractivity contribution in [2.24, 2.45) is 0 Å². The van der Waals surface area contributed by atoms with Crippen LogP contribution in [0.3, 0.4) is 0 Å². The van der Waals surface area contributed by atoms with Gasteiger partial charge in [0.15, 0.2) is 0 Å². The van der Waals surface area contributed by atoms with Crippen LogP contribution in [0.1, 0.15) is 17.0 Å². The molecule has 1 unspecified atom stereocenters. The van der Waals surface area contributed by atoms with E-state index in [-0.39, 0.29) is 5.91 Å². The van der Waals surface area contributed by atoms with Gasteiger partial charge in [-0.3, -0.25) is 9.69 Å². The summed E-state index contributed by atoms with van der Waals surface area (Å²) in [5.41, 5.74) is 1.16. The van der Waals surface area contributed by atoms with E-state index in [2.05, 4.69) is 6.58 Å². The van der Waals surface area contributed by atoms with Crippen LogP contribution in [0.15, 0.2) is 61.2 Å². The summed E-state index contributed by atoms with van der Waals surface area (Å²) in [6, 6.07) is 11.8. The van der Waals surface area contributed by atoms with Gasteiger partial charge in [-0.2, -0.15) is 13.2 Å². The molecule has 0 radical (unpaired) electrons. The molecule has 1 aliphatic heterocycles. The standard InChI is InChI=1S/C17H12F3NO/c1-2-13-14-5-3-4-6-15(14)21(16(13)22)12-9-7-11(8-10-12)17(18,19)20/h2-10,13H,1H2. The lowest BCUT2D eigenvalue weighted by molar-refractivity contribution is -0.137. The topological polar surface area (TPSA) is 20.3 Å². The number of fused-ring (bicyclic) bond motifs is 1. The Morgan fingerprint density at radius 2 is 1.68 bits per heavy atom. The molecule has 0 N–H and O–H groups in total. The molecule has 0 aliphatic carbocycles. The first-order chi connectivity index (χ1) is 10.4. The van der Waals surface area contributed by atoms with Crippen LogP contribution < -0.4 is 4.90 Å². The lowest BCUT2D eigenvalue weighted by atomic mass is 10.0. The third-order valence-electron chi connectivity index (χ3n) is 3.69. The second-order valence-electron chi connectivity index (χ2n) is 4.99. The normalized spacial score (nSPS) is 17.5. The Morgan fingerprint density at radius 3 is 2.27 bits per heavy atom. The van der Waals surface area contributed by atoms with Crippen molar-refractivity contribution in [2.45, 2.75) is 12.1 Å². The van der Waals surface area contributed by atoms with E-state index in [0.717, 1.165) is 17.7 Å². The number of carbonyl (C=O) groups excluding carboxylic acids is 1. The summed E-state index contributed by atoms with van der Waals surface area (Å²) >= 11 is 0. The maximum absolute atomic E-state index is 12.6. The highest BCUT2D eigenvalue weighted by Gasteiger charge is 2.36. The number of nitrogens with zero attached hydrogens (tertiary/aromatic N) is 1. The number of alkyl halides is 3. The van der Waals surface area contributed by atoms with E-state index in [1.165, 1.54) is 17.0 Å². The SMILES string of the molecule is C=CC1C(=O)N(c2ccc(C(F)(F)F)cc2)c2ccccc21. The van der Waals surface area contributed by atoms with Gasteiger partial charge >= 0.3 is 6.18 Å². The van der Waals surface area contributed by atoms with Gasteiger partial charge in [-0.05, 0) is 35.9 Å². The fourth-order valence-corrected chi connectivity index (χ4v) is 2.64. The van der Waals surface area contributed by atoms with Crippen LogP contribution >= 0.6 is 0 Å². The number of hydrogen-bond acceptors (Lipinski definition) is 1. The Kier molecular flexibility index (Phi) is 3.28. The van der Waals surface area contributed by atoms with E-state index in [4.69, 9.17) is 0 Å². The molecule has 3 rings (SSSR count). The molecule has 0 spiro atoms. The van der Waals surface area contributed by atoms with Crippen molar-refractivity contribution in [2.75, 3.05) is 4.90 Å². The van der Waals surface area contributed by atoms with E-state index in [1.807, 2.05) is 12.1 Å². The minimum atomic E-state index is -4.39. The summed E-state index contributed by atoms with van der Waals surface area (Å²) in [7, 11) is 0. The molecule has 0 fully saturated rings. The van der Waals surface area contributed by atoms with Gasteiger partial charge in [0.05, 0.1) is 17.2 Å². The van der Waals surface area contributed by atoms with Gasteiger partial charge in [0.1, 0.15) is 0 Å². The highest BCUT2D eigenvalue weighted by atomic mass is 19.4. The Bertz CT molecular complexity index is 734. The number of anilines is 2. The second kappa shape index (κ2) is 5.02. The van der Waals surface area contributed by atoms with E-state index in [1.54, 1.807) is 18.2 Å². The average Bonchev–Trinajstić information content (AvgIpc) is 2.78. The van der Waals surface area contributed by atoms with Gasteiger partial charge in [-0.25, -0.2) is 0 Å². The predicted molar refractivity (Wildman–Crippen MR) is 78.0 cm³/mol. The highest BCUT2D eigenvalue weighted by Crippen LogP contribution is 2.42. The number of para-hydroxylation sites is 1. The van der Waals surface area contributed by atoms with E-state index < -0.39 is 17.7 Å². The van der Waals surface area contributed by atoms with Gasteiger partial charge in [0, 0.05) is 5.69 Å². The van der Waals surface area contributed by atoms with E-state index in [9.17, 15) is 18.0 Å². The molecule has 2 aromatic carbocycles. The Hall–Kier alpha value is -2.56. The summed E-state index contributed by atoms with van der Waals surface area (Å²) in [5, 5.41) is 0. The van der Waals surface area contributed by atoms with Crippen molar-refractivity contribution < 1.29 is 18.0 Å². The van der Waals surface area contributed by atoms with E-state index >= 15 is 0 Å². The fourth-order valence-electron chi connectivity index (χ4n) is 2.64. The molecule has 2 nitrogen and oxygen atoms in total. The first-order valence-electron chi connectivity index (χ1n) is 6.66. The first-order valence-corrected chi connectivity index (χ1v) is 6.66. The van der Waals surface area contributed by atoms with Crippen LogP contribution in [0.5, 0.6) is 0 Å². The number of hydrogen-bond donors (Lipinski definition) is 0. The molecule has 1 aliphatic rings. The molecule has 1 atom stereocenters. The van der Waals surface area contributed by atoms with Crippen molar-refractivity contribution >= 4 is 17.3 Å². The third kappa shape index (κ3) is 2.19. The highest BCUT2D eigenvalue weighted by molar-refractivity contribution is 6.11. The molecule has 1 amide bonds. The minimum absolute atomic E-state index is 0.212. The molecular weight excluding hydrogens is 291 g/mol. The van der Waals surface area contributed by atoms with Crippen LogP contribution in [-0.2, 0) is 11.0 Å². The van der Waals surface area contributed by atoms with Crippen LogP contribution in [0.4, 0.5) is 24.5 Å². The zero-order valence-electron chi connectivity index (χ0n) is 11.5. The molecule has 2 aromatic rings. The average molecular weight is 303 g/mol. The van der Waals surface area contributed by atoms with Crippen LogP contribution in [0.2, 0.25) is 0 Å². The maximum atomic E-state index is 12.6. The molecule has 1 heterocycles. The lowest BCUT2D eigenvalue weighted by Gasteiger charge is -2.18. The third-order valence-corrected chi connectivity index (χ3v) is 3.69. The predicted octanol–water partition coefficient (Wildman–Crippen LogP) is 4.65. The van der Waals surface area contributed by atoms with Gasteiger partial charge in [0.25, 0.3) is 0 Å². The largest absolute Gasteiger partial charge is 0.416 e. The van der Waals surface area contributed by atoms with Crippen LogP contribution in [0, 0.1) is 0 Å². The zero-order chi connectivity index (χ0) is 15.9.